The number of aryl methyl sites for hydroxylation is 1. The highest BCUT2D eigenvalue weighted by Crippen LogP contribution is 2.44. The van der Waals surface area contributed by atoms with Gasteiger partial charge < -0.3 is 4.57 Å². The van der Waals surface area contributed by atoms with Crippen molar-refractivity contribution in [1.29, 1.82) is 0 Å². The van der Waals surface area contributed by atoms with E-state index in [2.05, 4.69) is 115 Å². The summed E-state index contributed by atoms with van der Waals surface area (Å²) in [6.07, 6.45) is 0. The molecule has 0 aliphatic rings. The molecule has 5 heteroatoms. The summed E-state index contributed by atoms with van der Waals surface area (Å²) in [6.45, 7) is 2.13. The molecule has 0 saturated carbocycles. The molecule has 3 heterocycles. The van der Waals surface area contributed by atoms with Crippen LogP contribution in [-0.4, -0.2) is 19.5 Å². The van der Waals surface area contributed by atoms with Crippen LogP contribution in [0.2, 0.25) is 0 Å². The van der Waals surface area contributed by atoms with Crippen LogP contribution >= 0.6 is 11.3 Å². The molecule has 0 saturated heterocycles. The third kappa shape index (κ3) is 4.93. The molecule has 0 atom stereocenters. The number of para-hydroxylation sites is 1. The Labute approximate surface area is 299 Å². The van der Waals surface area contributed by atoms with Gasteiger partial charge in [-0.2, -0.15) is 0 Å². The molecule has 0 radical (unpaired) electrons. The Morgan fingerprint density at radius 1 is 0.451 bits per heavy atom. The lowest BCUT2D eigenvalue weighted by Gasteiger charge is -2.16. The van der Waals surface area contributed by atoms with Crippen molar-refractivity contribution >= 4 is 53.3 Å². The molecular formula is C46H30N4S. The average molecular weight is 671 g/mol. The van der Waals surface area contributed by atoms with Crippen molar-refractivity contribution in [2.45, 2.75) is 6.92 Å². The van der Waals surface area contributed by atoms with Crippen molar-refractivity contribution < 1.29 is 0 Å². The van der Waals surface area contributed by atoms with Crippen LogP contribution in [0.5, 0.6) is 0 Å². The van der Waals surface area contributed by atoms with Gasteiger partial charge in [0, 0.05) is 48.5 Å². The average Bonchev–Trinajstić information content (AvgIpc) is 3.75. The van der Waals surface area contributed by atoms with E-state index in [0.717, 1.165) is 33.5 Å². The van der Waals surface area contributed by atoms with Gasteiger partial charge >= 0.3 is 0 Å². The molecule has 10 aromatic rings. The fraction of sp³-hybridized carbons (Fsp3) is 0.0217. The van der Waals surface area contributed by atoms with E-state index in [1.54, 1.807) is 0 Å². The SMILES string of the molecule is Cc1ccc(-c2cc(-c3nc(-c4ccccc4)nc(-c4ccccc4)n3)ccc2-n2c3ccccc3c3ccc4c5ccccc5sc4c32)cc1. The lowest BCUT2D eigenvalue weighted by atomic mass is 9.99. The molecule has 4 nitrogen and oxygen atoms in total. The van der Waals surface area contributed by atoms with Gasteiger partial charge in [-0.1, -0.05) is 139 Å². The molecule has 0 aliphatic carbocycles. The topological polar surface area (TPSA) is 43.6 Å². The summed E-state index contributed by atoms with van der Waals surface area (Å²) in [4.78, 5) is 15.1. The molecule has 0 fully saturated rings. The largest absolute Gasteiger partial charge is 0.307 e. The van der Waals surface area contributed by atoms with Crippen LogP contribution in [0.4, 0.5) is 0 Å². The number of aromatic nitrogens is 4. The number of nitrogens with zero attached hydrogens (tertiary/aromatic N) is 4. The van der Waals surface area contributed by atoms with Gasteiger partial charge in [0.05, 0.1) is 21.4 Å². The number of benzene rings is 7. The van der Waals surface area contributed by atoms with Gasteiger partial charge in [0.25, 0.3) is 0 Å². The van der Waals surface area contributed by atoms with E-state index in [9.17, 15) is 0 Å². The minimum atomic E-state index is 0.636. The van der Waals surface area contributed by atoms with Crippen LogP contribution in [0.3, 0.4) is 0 Å². The molecule has 0 N–H and O–H groups in total. The third-order valence-corrected chi connectivity index (χ3v) is 10.9. The van der Waals surface area contributed by atoms with Crippen LogP contribution in [0.1, 0.15) is 5.56 Å². The maximum absolute atomic E-state index is 5.08. The molecular weight excluding hydrogens is 641 g/mol. The van der Waals surface area contributed by atoms with Gasteiger partial charge in [-0.05, 0) is 42.8 Å². The molecule has 3 aromatic heterocycles. The maximum Gasteiger partial charge on any atom is 0.164 e. The third-order valence-electron chi connectivity index (χ3n) is 9.74. The van der Waals surface area contributed by atoms with E-state index >= 15 is 0 Å². The van der Waals surface area contributed by atoms with Gasteiger partial charge in [-0.15, -0.1) is 11.3 Å². The van der Waals surface area contributed by atoms with Crippen molar-refractivity contribution in [3.05, 3.63) is 169 Å². The maximum atomic E-state index is 5.08. The van der Waals surface area contributed by atoms with E-state index < -0.39 is 0 Å². The van der Waals surface area contributed by atoms with Crippen LogP contribution in [0, 0.1) is 6.92 Å². The standard InChI is InChI=1S/C46H30N4S/c1-29-20-22-30(23-21-29)38-28-33(46-48-44(31-12-4-2-5-13-31)47-45(49-46)32-14-6-3-7-15-32)24-27-40(38)50-39-18-10-8-16-34(39)36-25-26-37-35-17-9-11-19-41(35)51-43(37)42(36)50/h2-28H,1H3. The Morgan fingerprint density at radius 2 is 1.02 bits per heavy atom. The Bertz CT molecular complexity index is 2850. The van der Waals surface area contributed by atoms with Crippen molar-refractivity contribution in [3.8, 4) is 51.0 Å². The Kier molecular flexibility index (Phi) is 6.86. The van der Waals surface area contributed by atoms with Gasteiger partial charge in [-0.25, -0.2) is 15.0 Å². The molecule has 10 rings (SSSR count). The normalized spacial score (nSPS) is 11.6. The molecule has 0 unspecified atom stereocenters. The van der Waals surface area contributed by atoms with E-state index in [0.29, 0.717) is 17.5 Å². The van der Waals surface area contributed by atoms with Crippen LogP contribution in [-0.2, 0) is 0 Å². The van der Waals surface area contributed by atoms with E-state index in [1.165, 1.54) is 47.5 Å². The predicted octanol–water partition coefficient (Wildman–Crippen LogP) is 12.3. The lowest BCUT2D eigenvalue weighted by Crippen LogP contribution is -2.02. The zero-order valence-electron chi connectivity index (χ0n) is 27.8. The molecule has 51 heavy (non-hydrogen) atoms. The monoisotopic (exact) mass is 670 g/mol. The second-order valence-corrected chi connectivity index (χ2v) is 14.0. The quantitative estimate of drug-likeness (QED) is 0.183. The Balaban J connectivity index is 1.27. The minimum absolute atomic E-state index is 0.636. The predicted molar refractivity (Wildman–Crippen MR) is 214 cm³/mol. The second kappa shape index (κ2) is 11.9. The molecule has 7 aromatic carbocycles. The number of hydrogen-bond acceptors (Lipinski definition) is 4. The van der Waals surface area contributed by atoms with Gasteiger partial charge in [0.1, 0.15) is 0 Å². The van der Waals surface area contributed by atoms with Crippen molar-refractivity contribution in [3.63, 3.8) is 0 Å². The zero-order valence-corrected chi connectivity index (χ0v) is 28.6. The smallest absolute Gasteiger partial charge is 0.164 e. The van der Waals surface area contributed by atoms with Crippen LogP contribution < -0.4 is 0 Å². The fourth-order valence-electron chi connectivity index (χ4n) is 7.25. The zero-order chi connectivity index (χ0) is 33.9. The summed E-state index contributed by atoms with van der Waals surface area (Å²) in [5.74, 6) is 1.93. The van der Waals surface area contributed by atoms with Gasteiger partial charge in [-0.3, -0.25) is 0 Å². The second-order valence-electron chi connectivity index (χ2n) is 12.9. The van der Waals surface area contributed by atoms with Crippen LogP contribution in [0.15, 0.2) is 164 Å². The minimum Gasteiger partial charge on any atom is -0.307 e. The fourth-order valence-corrected chi connectivity index (χ4v) is 8.49. The number of fused-ring (bicyclic) bond motifs is 7. The summed E-state index contributed by atoms with van der Waals surface area (Å²) >= 11 is 1.87. The first-order valence-corrected chi connectivity index (χ1v) is 17.9. The van der Waals surface area contributed by atoms with Crippen LogP contribution in [0.25, 0.3) is 93.0 Å². The highest BCUT2D eigenvalue weighted by atomic mass is 32.1. The van der Waals surface area contributed by atoms with Gasteiger partial charge in [0.2, 0.25) is 0 Å². The summed E-state index contributed by atoms with van der Waals surface area (Å²) < 4.78 is 5.06. The first kappa shape index (κ1) is 29.5. The first-order chi connectivity index (χ1) is 25.2. The lowest BCUT2D eigenvalue weighted by molar-refractivity contribution is 1.07. The summed E-state index contributed by atoms with van der Waals surface area (Å²) in [5.41, 5.74) is 9.81. The van der Waals surface area contributed by atoms with E-state index in [-0.39, 0.29) is 0 Å². The highest BCUT2D eigenvalue weighted by molar-refractivity contribution is 7.26. The van der Waals surface area contributed by atoms with Crippen molar-refractivity contribution in [1.82, 2.24) is 19.5 Å². The molecule has 0 aliphatic heterocycles. The van der Waals surface area contributed by atoms with Crippen molar-refractivity contribution in [2.24, 2.45) is 0 Å². The Hall–Kier alpha value is -6.43. The number of rotatable bonds is 5. The first-order valence-electron chi connectivity index (χ1n) is 17.1. The highest BCUT2D eigenvalue weighted by Gasteiger charge is 2.21. The number of thiophene rings is 1. The molecule has 0 spiro atoms. The molecule has 0 amide bonds. The Morgan fingerprint density at radius 3 is 1.73 bits per heavy atom. The van der Waals surface area contributed by atoms with E-state index in [1.807, 2.05) is 72.0 Å². The van der Waals surface area contributed by atoms with Gasteiger partial charge in [0.15, 0.2) is 17.5 Å². The summed E-state index contributed by atoms with van der Waals surface area (Å²) in [7, 11) is 0. The molecule has 0 bridgehead atoms. The van der Waals surface area contributed by atoms with E-state index in [4.69, 9.17) is 15.0 Å². The number of hydrogen-bond donors (Lipinski definition) is 0. The van der Waals surface area contributed by atoms with Crippen molar-refractivity contribution in [2.75, 3.05) is 0 Å². The summed E-state index contributed by atoms with van der Waals surface area (Å²) in [5, 5.41) is 5.07. The molecule has 240 valence electrons. The summed E-state index contributed by atoms with van der Waals surface area (Å²) in [6, 6.07) is 57.9.